The lowest BCUT2D eigenvalue weighted by Crippen LogP contribution is -2.40. The lowest BCUT2D eigenvalue weighted by atomic mass is 9.96. The van der Waals surface area contributed by atoms with E-state index in [-0.39, 0.29) is 11.8 Å². The molecule has 0 aromatic carbocycles. The van der Waals surface area contributed by atoms with Crippen LogP contribution in [0.5, 0.6) is 0 Å². The third-order valence-corrected chi connectivity index (χ3v) is 4.51. The number of amides is 1. The molecule has 25 heavy (non-hydrogen) atoms. The predicted molar refractivity (Wildman–Crippen MR) is 85.1 cm³/mol. The first-order valence-electron chi connectivity index (χ1n) is 8.08. The summed E-state index contributed by atoms with van der Waals surface area (Å²) in [7, 11) is 1.56. The summed E-state index contributed by atoms with van der Waals surface area (Å²) in [5, 5.41) is 0. The first kappa shape index (κ1) is 17.4. The standard InChI is InChI=1S/C17H19F3N4O/c1-11-13(6-3-7-21-11)16(25)24-8-4-5-12(9-24)15-22-14(10-23(15)2)17(18,19)20/h3,6-7,10,12H,4-5,8-9H2,1-2H3/t12-/m1/s1. The van der Waals surface area contributed by atoms with E-state index in [1.54, 1.807) is 37.2 Å². The summed E-state index contributed by atoms with van der Waals surface area (Å²) in [5.41, 5.74) is 0.279. The molecule has 3 heterocycles. The minimum Gasteiger partial charge on any atom is -0.338 e. The van der Waals surface area contributed by atoms with Crippen LogP contribution in [0.15, 0.2) is 24.5 Å². The molecule has 1 saturated heterocycles. The van der Waals surface area contributed by atoms with E-state index in [4.69, 9.17) is 0 Å². The van der Waals surface area contributed by atoms with E-state index >= 15 is 0 Å². The monoisotopic (exact) mass is 352 g/mol. The number of carbonyl (C=O) groups is 1. The molecule has 134 valence electrons. The summed E-state index contributed by atoms with van der Waals surface area (Å²) in [4.78, 5) is 22.3. The van der Waals surface area contributed by atoms with Crippen LogP contribution in [-0.4, -0.2) is 38.4 Å². The summed E-state index contributed by atoms with van der Waals surface area (Å²) in [5.74, 6) is 0.0177. The van der Waals surface area contributed by atoms with Crippen molar-refractivity contribution in [3.8, 4) is 0 Å². The normalized spacial score (nSPS) is 18.4. The Morgan fingerprint density at radius 1 is 1.36 bits per heavy atom. The molecule has 5 nitrogen and oxygen atoms in total. The van der Waals surface area contributed by atoms with E-state index in [0.717, 1.165) is 12.6 Å². The molecule has 1 amide bonds. The fourth-order valence-electron chi connectivity index (χ4n) is 3.25. The number of alkyl halides is 3. The van der Waals surface area contributed by atoms with Crippen molar-refractivity contribution in [3.63, 3.8) is 0 Å². The Labute approximate surface area is 143 Å². The molecule has 8 heteroatoms. The van der Waals surface area contributed by atoms with Crippen molar-refractivity contribution in [2.75, 3.05) is 13.1 Å². The number of carbonyl (C=O) groups excluding carboxylic acids is 1. The maximum absolute atomic E-state index is 12.9. The third kappa shape index (κ3) is 3.52. The van der Waals surface area contributed by atoms with Gasteiger partial charge in [-0.05, 0) is 31.9 Å². The number of imidazole rings is 1. The van der Waals surface area contributed by atoms with Gasteiger partial charge in [-0.15, -0.1) is 0 Å². The second-order valence-electron chi connectivity index (χ2n) is 6.32. The number of nitrogens with zero attached hydrogens (tertiary/aromatic N) is 4. The Morgan fingerprint density at radius 2 is 2.12 bits per heavy atom. The van der Waals surface area contributed by atoms with Gasteiger partial charge >= 0.3 is 6.18 Å². The van der Waals surface area contributed by atoms with E-state index in [2.05, 4.69) is 9.97 Å². The van der Waals surface area contributed by atoms with Gasteiger partial charge in [-0.25, -0.2) is 4.98 Å². The maximum atomic E-state index is 12.9. The lowest BCUT2D eigenvalue weighted by molar-refractivity contribution is -0.141. The molecule has 3 rings (SSSR count). The Morgan fingerprint density at radius 3 is 2.76 bits per heavy atom. The quantitative estimate of drug-likeness (QED) is 0.834. The fourth-order valence-corrected chi connectivity index (χ4v) is 3.25. The number of rotatable bonds is 2. The van der Waals surface area contributed by atoms with Gasteiger partial charge in [-0.3, -0.25) is 9.78 Å². The van der Waals surface area contributed by atoms with Gasteiger partial charge in [0, 0.05) is 44.1 Å². The summed E-state index contributed by atoms with van der Waals surface area (Å²) < 4.78 is 40.0. The molecule has 2 aromatic rings. The van der Waals surface area contributed by atoms with Crippen LogP contribution < -0.4 is 0 Å². The van der Waals surface area contributed by atoms with Crippen LogP contribution in [0.25, 0.3) is 0 Å². The van der Waals surface area contributed by atoms with Gasteiger partial charge in [0.15, 0.2) is 5.69 Å². The van der Waals surface area contributed by atoms with Gasteiger partial charge in [0.2, 0.25) is 0 Å². The molecule has 0 saturated carbocycles. The van der Waals surface area contributed by atoms with Crippen molar-refractivity contribution in [1.29, 1.82) is 0 Å². The highest BCUT2D eigenvalue weighted by Crippen LogP contribution is 2.32. The molecule has 1 aliphatic heterocycles. The fraction of sp³-hybridized carbons (Fsp3) is 0.471. The Hall–Kier alpha value is -2.38. The molecule has 0 N–H and O–H groups in total. The number of hydrogen-bond donors (Lipinski definition) is 0. The lowest BCUT2D eigenvalue weighted by Gasteiger charge is -2.32. The zero-order valence-electron chi connectivity index (χ0n) is 14.0. The smallest absolute Gasteiger partial charge is 0.338 e. The molecule has 0 unspecified atom stereocenters. The van der Waals surface area contributed by atoms with E-state index in [9.17, 15) is 18.0 Å². The molecule has 1 fully saturated rings. The molecule has 1 aliphatic rings. The van der Waals surface area contributed by atoms with Crippen molar-refractivity contribution in [2.24, 2.45) is 7.05 Å². The van der Waals surface area contributed by atoms with E-state index < -0.39 is 11.9 Å². The first-order chi connectivity index (χ1) is 11.8. The highest BCUT2D eigenvalue weighted by molar-refractivity contribution is 5.95. The van der Waals surface area contributed by atoms with Crippen molar-refractivity contribution in [3.05, 3.63) is 47.3 Å². The van der Waals surface area contributed by atoms with Crippen molar-refractivity contribution in [2.45, 2.75) is 31.9 Å². The predicted octanol–water partition coefficient (Wildman–Crippen LogP) is 3.16. The maximum Gasteiger partial charge on any atom is 0.434 e. The van der Waals surface area contributed by atoms with Crippen molar-refractivity contribution in [1.82, 2.24) is 19.4 Å². The molecule has 0 aliphatic carbocycles. The number of piperidine rings is 1. The van der Waals surface area contributed by atoms with Gasteiger partial charge in [0.25, 0.3) is 5.91 Å². The number of pyridine rings is 1. The summed E-state index contributed by atoms with van der Waals surface area (Å²) >= 11 is 0. The van der Waals surface area contributed by atoms with Crippen LogP contribution in [0, 0.1) is 6.92 Å². The molecule has 0 spiro atoms. The van der Waals surface area contributed by atoms with Gasteiger partial charge in [0.05, 0.1) is 5.56 Å². The van der Waals surface area contributed by atoms with Crippen molar-refractivity contribution < 1.29 is 18.0 Å². The largest absolute Gasteiger partial charge is 0.434 e. The van der Waals surface area contributed by atoms with Crippen LogP contribution in [0.1, 0.15) is 46.3 Å². The SMILES string of the molecule is Cc1ncccc1C(=O)N1CCC[C@@H](c2nc(C(F)(F)F)cn2C)C1. The average molecular weight is 352 g/mol. The zero-order chi connectivity index (χ0) is 18.2. The second kappa shape index (κ2) is 6.50. The van der Waals surface area contributed by atoms with Crippen LogP contribution in [-0.2, 0) is 13.2 Å². The van der Waals surface area contributed by atoms with Crippen molar-refractivity contribution >= 4 is 5.91 Å². The van der Waals surface area contributed by atoms with E-state index in [0.29, 0.717) is 36.6 Å². The van der Waals surface area contributed by atoms with Crippen LogP contribution >= 0.6 is 0 Å². The Kier molecular flexibility index (Phi) is 4.53. The highest BCUT2D eigenvalue weighted by atomic mass is 19.4. The first-order valence-corrected chi connectivity index (χ1v) is 8.08. The topological polar surface area (TPSA) is 51.0 Å². The number of aromatic nitrogens is 3. The van der Waals surface area contributed by atoms with Gasteiger partial charge in [0.1, 0.15) is 5.82 Å². The van der Waals surface area contributed by atoms with Crippen LogP contribution in [0.4, 0.5) is 13.2 Å². The summed E-state index contributed by atoms with van der Waals surface area (Å²) in [6.45, 7) is 2.71. The molecular weight excluding hydrogens is 333 g/mol. The number of halogens is 3. The minimum atomic E-state index is -4.47. The van der Waals surface area contributed by atoms with Gasteiger partial charge in [-0.2, -0.15) is 13.2 Å². The van der Waals surface area contributed by atoms with E-state index in [1.165, 1.54) is 4.57 Å². The summed E-state index contributed by atoms with van der Waals surface area (Å²) in [6.07, 6.45) is -0.409. The van der Waals surface area contributed by atoms with Crippen LogP contribution in [0.2, 0.25) is 0 Å². The molecule has 1 atom stereocenters. The number of aryl methyl sites for hydroxylation is 2. The molecule has 0 radical (unpaired) electrons. The molecule has 2 aromatic heterocycles. The minimum absolute atomic E-state index is 0.138. The zero-order valence-corrected chi connectivity index (χ0v) is 14.0. The third-order valence-electron chi connectivity index (χ3n) is 4.51. The number of hydrogen-bond acceptors (Lipinski definition) is 3. The van der Waals surface area contributed by atoms with E-state index in [1.807, 2.05) is 0 Å². The average Bonchev–Trinajstić information content (AvgIpc) is 2.97. The molecular formula is C17H19F3N4O. The highest BCUT2D eigenvalue weighted by Gasteiger charge is 2.36. The van der Waals surface area contributed by atoms with Gasteiger partial charge < -0.3 is 9.47 Å². The second-order valence-corrected chi connectivity index (χ2v) is 6.32. The summed E-state index contributed by atoms with van der Waals surface area (Å²) in [6, 6.07) is 3.42. The van der Waals surface area contributed by atoms with Crippen LogP contribution in [0.3, 0.4) is 0 Å². The number of likely N-dealkylation sites (tertiary alicyclic amines) is 1. The Balaban J connectivity index is 1.81. The Bertz CT molecular complexity index is 784. The molecule has 0 bridgehead atoms. The van der Waals surface area contributed by atoms with Gasteiger partial charge in [-0.1, -0.05) is 0 Å².